The highest BCUT2D eigenvalue weighted by Crippen LogP contribution is 2.30. The topological polar surface area (TPSA) is 133 Å². The summed E-state index contributed by atoms with van der Waals surface area (Å²) in [6.45, 7) is 4.98. The number of benzene rings is 1. The van der Waals surface area contributed by atoms with Crippen molar-refractivity contribution in [2.45, 2.75) is 50.9 Å². The maximum Gasteiger partial charge on any atom is 0.408 e. The molecule has 1 heterocycles. The Kier molecular flexibility index (Phi) is 5.72. The summed E-state index contributed by atoms with van der Waals surface area (Å²) in [5.74, 6) is -3.61. The van der Waals surface area contributed by atoms with Gasteiger partial charge in [-0.15, -0.1) is 0 Å². The molecule has 1 saturated heterocycles. The minimum absolute atomic E-state index is 0.0636. The van der Waals surface area contributed by atoms with Crippen LogP contribution in [0.3, 0.4) is 0 Å². The van der Waals surface area contributed by atoms with E-state index in [2.05, 4.69) is 5.32 Å². The molecule has 9 nitrogen and oxygen atoms in total. The number of nitrogens with zero attached hydrogens (tertiary/aromatic N) is 1. The van der Waals surface area contributed by atoms with E-state index < -0.39 is 47.7 Å². The van der Waals surface area contributed by atoms with Gasteiger partial charge in [-0.3, -0.25) is 4.79 Å². The lowest BCUT2D eigenvalue weighted by Gasteiger charge is -2.23. The molecule has 27 heavy (non-hydrogen) atoms. The van der Waals surface area contributed by atoms with E-state index in [4.69, 9.17) is 14.9 Å². The van der Waals surface area contributed by atoms with Crippen molar-refractivity contribution in [3.05, 3.63) is 35.9 Å². The molecule has 0 radical (unpaired) electrons. The number of hydrogen-bond acceptors (Lipinski definition) is 5. The van der Waals surface area contributed by atoms with E-state index in [1.54, 1.807) is 51.1 Å². The fourth-order valence-electron chi connectivity index (χ4n) is 2.69. The second-order valence-electron chi connectivity index (χ2n) is 7.20. The molecule has 9 heteroatoms. The molecular formula is C18H22N2O7. The lowest BCUT2D eigenvalue weighted by molar-refractivity contribution is -0.140. The molecule has 0 spiro atoms. The zero-order chi connectivity index (χ0) is 20.4. The maximum atomic E-state index is 12.8. The summed E-state index contributed by atoms with van der Waals surface area (Å²) in [5.41, 5.74) is -0.0789. The van der Waals surface area contributed by atoms with Crippen LogP contribution >= 0.6 is 0 Å². The molecule has 2 amide bonds. The molecular weight excluding hydrogens is 356 g/mol. The third kappa shape index (κ3) is 5.19. The number of ether oxygens (including phenoxy) is 1. The molecule has 0 unspecified atom stereocenters. The Balaban J connectivity index is 2.20. The van der Waals surface area contributed by atoms with Gasteiger partial charge in [-0.25, -0.2) is 14.4 Å². The Hall–Kier alpha value is -3.10. The molecule has 1 aromatic rings. The van der Waals surface area contributed by atoms with E-state index in [9.17, 15) is 19.2 Å². The lowest BCUT2D eigenvalue weighted by atomic mass is 10.1. The van der Waals surface area contributed by atoms with Gasteiger partial charge in [-0.05, 0) is 26.3 Å². The zero-order valence-electron chi connectivity index (χ0n) is 15.2. The standard InChI is InChI=1S/C18H22N2O7/c1-18(2,3)27-17(26)19-11(9-10-7-5-4-6-8-10)14(21)20-12(15(22)23)13(20)16(24)25/h4-8,11-13H,9H2,1-3H3,(H,19,26)(H,22,23)(H,24,25)/t11-,12+,13+/m0/s1. The Morgan fingerprint density at radius 3 is 2.04 bits per heavy atom. The van der Waals surface area contributed by atoms with Crippen molar-refractivity contribution in [3.8, 4) is 0 Å². The van der Waals surface area contributed by atoms with Crippen LogP contribution in [0.25, 0.3) is 0 Å². The number of aliphatic carboxylic acids is 2. The Labute approximate surface area is 155 Å². The second kappa shape index (κ2) is 7.65. The number of hydrogen-bond donors (Lipinski definition) is 3. The molecule has 3 atom stereocenters. The number of carboxylic acids is 2. The van der Waals surface area contributed by atoms with Crippen molar-refractivity contribution < 1.29 is 34.1 Å². The first-order chi connectivity index (χ1) is 12.5. The first-order valence-electron chi connectivity index (χ1n) is 8.32. The van der Waals surface area contributed by atoms with Crippen LogP contribution in [-0.4, -0.2) is 62.8 Å². The summed E-state index contributed by atoms with van der Waals surface area (Å²) < 4.78 is 5.15. The average molecular weight is 378 g/mol. The van der Waals surface area contributed by atoms with E-state index in [-0.39, 0.29) is 6.42 Å². The van der Waals surface area contributed by atoms with Gasteiger partial charge >= 0.3 is 18.0 Å². The second-order valence-corrected chi connectivity index (χ2v) is 7.20. The van der Waals surface area contributed by atoms with Gasteiger partial charge < -0.3 is 25.2 Å². The van der Waals surface area contributed by atoms with E-state index in [0.29, 0.717) is 5.56 Å². The molecule has 0 bridgehead atoms. The molecule has 0 saturated carbocycles. The SMILES string of the molecule is CC(C)(C)OC(=O)N[C@@H](Cc1ccccc1)C(=O)N1[C@@H](C(=O)O)[C@@H]1C(=O)O. The highest BCUT2D eigenvalue weighted by atomic mass is 16.6. The predicted molar refractivity (Wildman–Crippen MR) is 93.0 cm³/mol. The summed E-state index contributed by atoms with van der Waals surface area (Å²) in [7, 11) is 0. The number of carbonyl (C=O) groups excluding carboxylic acids is 2. The highest BCUT2D eigenvalue weighted by molar-refractivity contribution is 6.01. The fourth-order valence-corrected chi connectivity index (χ4v) is 2.69. The van der Waals surface area contributed by atoms with Crippen molar-refractivity contribution in [2.75, 3.05) is 0 Å². The van der Waals surface area contributed by atoms with Crippen LogP contribution < -0.4 is 5.32 Å². The van der Waals surface area contributed by atoms with Gasteiger partial charge in [-0.1, -0.05) is 30.3 Å². The van der Waals surface area contributed by atoms with Gasteiger partial charge in [0.15, 0.2) is 12.1 Å². The average Bonchev–Trinajstić information content (AvgIpc) is 3.29. The van der Waals surface area contributed by atoms with Gasteiger partial charge in [0.2, 0.25) is 5.91 Å². The summed E-state index contributed by atoms with van der Waals surface area (Å²) in [6, 6.07) is 4.71. The number of rotatable bonds is 6. The molecule has 1 aliphatic heterocycles. The van der Waals surface area contributed by atoms with Crippen LogP contribution in [0, 0.1) is 0 Å². The minimum Gasteiger partial charge on any atom is -0.480 e. The Bertz CT molecular complexity index is 722. The summed E-state index contributed by atoms with van der Waals surface area (Å²) in [4.78, 5) is 48.0. The van der Waals surface area contributed by atoms with Crippen LogP contribution in [0.1, 0.15) is 26.3 Å². The maximum absolute atomic E-state index is 12.8. The molecule has 0 aromatic heterocycles. The number of carbonyl (C=O) groups is 4. The molecule has 1 aliphatic rings. The third-order valence-corrected chi connectivity index (χ3v) is 3.84. The van der Waals surface area contributed by atoms with E-state index in [1.807, 2.05) is 0 Å². The highest BCUT2D eigenvalue weighted by Gasteiger charge is 2.61. The van der Waals surface area contributed by atoms with E-state index >= 15 is 0 Å². The third-order valence-electron chi connectivity index (χ3n) is 3.84. The van der Waals surface area contributed by atoms with Crippen LogP contribution in [-0.2, 0) is 25.5 Å². The molecule has 0 aliphatic carbocycles. The van der Waals surface area contributed by atoms with Crippen molar-refractivity contribution >= 4 is 23.9 Å². The minimum atomic E-state index is -1.45. The molecule has 1 fully saturated rings. The fraction of sp³-hybridized carbons (Fsp3) is 0.444. The first-order valence-corrected chi connectivity index (χ1v) is 8.32. The van der Waals surface area contributed by atoms with E-state index in [1.165, 1.54) is 0 Å². The quantitative estimate of drug-likeness (QED) is 0.626. The largest absolute Gasteiger partial charge is 0.480 e. The van der Waals surface area contributed by atoms with Crippen molar-refractivity contribution in [3.63, 3.8) is 0 Å². The molecule has 1 aromatic carbocycles. The van der Waals surface area contributed by atoms with Gasteiger partial charge in [0, 0.05) is 6.42 Å². The van der Waals surface area contributed by atoms with Crippen LogP contribution in [0.2, 0.25) is 0 Å². The monoisotopic (exact) mass is 378 g/mol. The van der Waals surface area contributed by atoms with Gasteiger partial charge in [0.1, 0.15) is 11.6 Å². The van der Waals surface area contributed by atoms with Crippen LogP contribution in [0.5, 0.6) is 0 Å². The number of amides is 2. The molecule has 146 valence electrons. The summed E-state index contributed by atoms with van der Waals surface area (Å²) in [6.07, 6.45) is -0.786. The van der Waals surface area contributed by atoms with Crippen LogP contribution in [0.4, 0.5) is 4.79 Å². The predicted octanol–water partition coefficient (Wildman–Crippen LogP) is 0.871. The number of carboxylic acid groups (broad SMARTS) is 2. The zero-order valence-corrected chi connectivity index (χ0v) is 15.2. The Morgan fingerprint density at radius 1 is 1.07 bits per heavy atom. The smallest absolute Gasteiger partial charge is 0.408 e. The van der Waals surface area contributed by atoms with Gasteiger partial charge in [0.25, 0.3) is 0 Å². The van der Waals surface area contributed by atoms with Crippen molar-refractivity contribution in [1.82, 2.24) is 10.2 Å². The number of nitrogens with one attached hydrogen (secondary N) is 1. The summed E-state index contributed by atoms with van der Waals surface area (Å²) in [5, 5.41) is 20.7. The molecule has 2 rings (SSSR count). The summed E-state index contributed by atoms with van der Waals surface area (Å²) >= 11 is 0. The first kappa shape index (κ1) is 20.2. The Morgan fingerprint density at radius 2 is 1.59 bits per heavy atom. The lowest BCUT2D eigenvalue weighted by Crippen LogP contribution is -2.48. The van der Waals surface area contributed by atoms with Gasteiger partial charge in [0.05, 0.1) is 0 Å². The normalized spacial score (nSPS) is 19.7. The number of alkyl carbamates (subject to hydrolysis) is 1. The van der Waals surface area contributed by atoms with Crippen molar-refractivity contribution in [2.24, 2.45) is 0 Å². The van der Waals surface area contributed by atoms with E-state index in [0.717, 1.165) is 4.90 Å². The molecule has 3 N–H and O–H groups in total. The van der Waals surface area contributed by atoms with Gasteiger partial charge in [-0.2, -0.15) is 0 Å². The van der Waals surface area contributed by atoms with Crippen LogP contribution in [0.15, 0.2) is 30.3 Å². The van der Waals surface area contributed by atoms with Crippen molar-refractivity contribution in [1.29, 1.82) is 0 Å².